The van der Waals surface area contributed by atoms with Crippen LogP contribution < -0.4 is 10.1 Å². The van der Waals surface area contributed by atoms with E-state index in [9.17, 15) is 0 Å². The fourth-order valence-electron chi connectivity index (χ4n) is 2.03. The third-order valence-electron chi connectivity index (χ3n) is 3.17. The molecule has 1 aromatic carbocycles. The predicted molar refractivity (Wildman–Crippen MR) is 92.7 cm³/mol. The summed E-state index contributed by atoms with van der Waals surface area (Å²) < 4.78 is 16.0. The maximum Gasteiger partial charge on any atom is 0.232 e. The summed E-state index contributed by atoms with van der Waals surface area (Å²) >= 11 is 0. The van der Waals surface area contributed by atoms with Crippen LogP contribution in [0.4, 0.5) is 5.88 Å². The van der Waals surface area contributed by atoms with Gasteiger partial charge in [0.05, 0.1) is 6.61 Å². The van der Waals surface area contributed by atoms with Crippen LogP contribution in [0.3, 0.4) is 0 Å². The lowest BCUT2D eigenvalue weighted by atomic mass is 10.2. The lowest BCUT2D eigenvalue weighted by Crippen LogP contribution is -2.04. The van der Waals surface area contributed by atoms with E-state index in [1.54, 1.807) is 13.2 Å². The largest absolute Gasteiger partial charge is 0.494 e. The van der Waals surface area contributed by atoms with Crippen LogP contribution in [0.5, 0.6) is 5.75 Å². The Morgan fingerprint density at radius 1 is 1.29 bits per heavy atom. The molecule has 0 atom stereocenters. The Balaban J connectivity index is 2.01. The number of nitriles is 1. The van der Waals surface area contributed by atoms with Gasteiger partial charge in [-0.15, -0.1) is 0 Å². The van der Waals surface area contributed by atoms with Crippen LogP contribution in [0.2, 0.25) is 0 Å². The van der Waals surface area contributed by atoms with Gasteiger partial charge in [-0.1, -0.05) is 12.1 Å². The van der Waals surface area contributed by atoms with Crippen LogP contribution in [0, 0.1) is 11.3 Å². The van der Waals surface area contributed by atoms with Crippen molar-refractivity contribution in [2.75, 3.05) is 32.2 Å². The van der Waals surface area contributed by atoms with Crippen molar-refractivity contribution in [3.05, 3.63) is 41.4 Å². The zero-order chi connectivity index (χ0) is 17.2. The molecular formula is C18H21N3O3. The van der Waals surface area contributed by atoms with Gasteiger partial charge >= 0.3 is 0 Å². The zero-order valence-corrected chi connectivity index (χ0v) is 13.9. The van der Waals surface area contributed by atoms with E-state index in [2.05, 4.69) is 10.3 Å². The number of nitrogens with zero attached hydrogens (tertiary/aromatic N) is 2. The topological polar surface area (TPSA) is 80.3 Å². The molecule has 0 fully saturated rings. The Kier molecular flexibility index (Phi) is 6.87. The first-order valence-electron chi connectivity index (χ1n) is 7.81. The smallest absolute Gasteiger partial charge is 0.232 e. The van der Waals surface area contributed by atoms with Crippen LogP contribution >= 0.6 is 0 Å². The van der Waals surface area contributed by atoms with Crippen LogP contribution in [-0.4, -0.2) is 31.9 Å². The lowest BCUT2D eigenvalue weighted by molar-refractivity contribution is 0.197. The van der Waals surface area contributed by atoms with E-state index in [1.807, 2.05) is 43.3 Å². The van der Waals surface area contributed by atoms with Gasteiger partial charge in [0.25, 0.3) is 0 Å². The van der Waals surface area contributed by atoms with Gasteiger partial charge in [-0.3, -0.25) is 0 Å². The molecule has 0 radical (unpaired) electrons. The number of anilines is 1. The van der Waals surface area contributed by atoms with Gasteiger partial charge in [0.2, 0.25) is 17.5 Å². The summed E-state index contributed by atoms with van der Waals surface area (Å²) in [5, 5.41) is 12.2. The van der Waals surface area contributed by atoms with Gasteiger partial charge in [-0.2, -0.15) is 10.2 Å². The minimum Gasteiger partial charge on any atom is -0.494 e. The summed E-state index contributed by atoms with van der Waals surface area (Å²) in [6, 6.07) is 9.73. The first-order valence-corrected chi connectivity index (χ1v) is 7.81. The molecule has 1 N–H and O–H groups in total. The van der Waals surface area contributed by atoms with Crippen LogP contribution in [0.25, 0.3) is 12.2 Å². The van der Waals surface area contributed by atoms with Gasteiger partial charge < -0.3 is 19.2 Å². The third-order valence-corrected chi connectivity index (χ3v) is 3.17. The lowest BCUT2D eigenvalue weighted by Gasteiger charge is -2.02. The second-order valence-electron chi connectivity index (χ2n) is 4.95. The van der Waals surface area contributed by atoms with Crippen LogP contribution in [0.15, 0.2) is 28.7 Å². The first kappa shape index (κ1) is 17.6. The third kappa shape index (κ3) is 5.14. The van der Waals surface area contributed by atoms with E-state index in [0.29, 0.717) is 31.5 Å². The SMILES string of the molecule is CCOc1ccc(C=Cc2nc(C#N)c(NCCCOC)o2)cc1. The highest BCUT2D eigenvalue weighted by atomic mass is 16.5. The Bertz CT molecular complexity index is 699. The highest BCUT2D eigenvalue weighted by molar-refractivity contribution is 5.67. The van der Waals surface area contributed by atoms with Crippen molar-refractivity contribution in [2.45, 2.75) is 13.3 Å². The van der Waals surface area contributed by atoms with Crippen molar-refractivity contribution in [1.29, 1.82) is 5.26 Å². The summed E-state index contributed by atoms with van der Waals surface area (Å²) in [4.78, 5) is 4.16. The monoisotopic (exact) mass is 327 g/mol. The Hall–Kier alpha value is -2.78. The average molecular weight is 327 g/mol. The highest BCUT2D eigenvalue weighted by Crippen LogP contribution is 2.19. The number of hydrogen-bond donors (Lipinski definition) is 1. The average Bonchev–Trinajstić information content (AvgIpc) is 3.01. The molecule has 0 unspecified atom stereocenters. The number of benzene rings is 1. The molecule has 1 aromatic heterocycles. The van der Waals surface area contributed by atoms with E-state index in [0.717, 1.165) is 17.7 Å². The fraction of sp³-hybridized carbons (Fsp3) is 0.333. The summed E-state index contributed by atoms with van der Waals surface area (Å²) in [5.74, 6) is 1.61. The molecule has 0 bridgehead atoms. The quantitative estimate of drug-likeness (QED) is 0.709. The molecule has 0 aliphatic carbocycles. The second kappa shape index (κ2) is 9.38. The maximum atomic E-state index is 9.13. The van der Waals surface area contributed by atoms with E-state index < -0.39 is 0 Å². The van der Waals surface area contributed by atoms with E-state index in [-0.39, 0.29) is 5.69 Å². The number of methoxy groups -OCH3 is 1. The van der Waals surface area contributed by atoms with E-state index >= 15 is 0 Å². The van der Waals surface area contributed by atoms with Gasteiger partial charge in [0.15, 0.2) is 0 Å². The molecule has 24 heavy (non-hydrogen) atoms. The second-order valence-corrected chi connectivity index (χ2v) is 4.95. The molecule has 0 saturated heterocycles. The molecule has 2 rings (SSSR count). The molecular weight excluding hydrogens is 306 g/mol. The van der Waals surface area contributed by atoms with Crippen LogP contribution in [0.1, 0.15) is 30.5 Å². The van der Waals surface area contributed by atoms with Crippen molar-refractivity contribution in [2.24, 2.45) is 0 Å². The molecule has 0 spiro atoms. The Labute approximate surface area is 141 Å². The van der Waals surface area contributed by atoms with Crippen molar-refractivity contribution >= 4 is 18.0 Å². The number of rotatable bonds is 9. The minimum atomic E-state index is 0.249. The molecule has 0 aliphatic heterocycles. The summed E-state index contributed by atoms with van der Waals surface area (Å²) in [6.45, 7) is 3.89. The van der Waals surface area contributed by atoms with Crippen molar-refractivity contribution in [1.82, 2.24) is 4.98 Å². The van der Waals surface area contributed by atoms with E-state index in [4.69, 9.17) is 19.2 Å². The number of nitrogens with one attached hydrogen (secondary N) is 1. The Morgan fingerprint density at radius 2 is 2.08 bits per heavy atom. The van der Waals surface area contributed by atoms with Crippen molar-refractivity contribution in [3.63, 3.8) is 0 Å². The molecule has 6 heteroatoms. The van der Waals surface area contributed by atoms with Crippen molar-refractivity contribution in [3.8, 4) is 11.8 Å². The first-order chi connectivity index (χ1) is 11.8. The van der Waals surface area contributed by atoms with E-state index in [1.165, 1.54) is 0 Å². The summed E-state index contributed by atoms with van der Waals surface area (Å²) in [7, 11) is 1.65. The molecule has 0 amide bonds. The zero-order valence-electron chi connectivity index (χ0n) is 13.9. The minimum absolute atomic E-state index is 0.249. The fourth-order valence-corrected chi connectivity index (χ4v) is 2.03. The number of hydrogen-bond acceptors (Lipinski definition) is 6. The van der Waals surface area contributed by atoms with Crippen LogP contribution in [-0.2, 0) is 4.74 Å². The maximum absolute atomic E-state index is 9.13. The van der Waals surface area contributed by atoms with Gasteiger partial charge in [-0.25, -0.2) is 0 Å². The summed E-state index contributed by atoms with van der Waals surface area (Å²) in [5.41, 5.74) is 1.24. The number of aromatic nitrogens is 1. The number of oxazole rings is 1. The standard InChI is InChI=1S/C18H21N3O3/c1-3-23-15-8-5-14(6-9-15)7-10-17-21-16(13-19)18(24-17)20-11-4-12-22-2/h5-10,20H,3-4,11-12H2,1-2H3. The molecule has 2 aromatic rings. The molecule has 1 heterocycles. The molecule has 126 valence electrons. The number of ether oxygens (including phenoxy) is 2. The van der Waals surface area contributed by atoms with Crippen molar-refractivity contribution < 1.29 is 13.9 Å². The Morgan fingerprint density at radius 3 is 2.75 bits per heavy atom. The van der Waals surface area contributed by atoms with Gasteiger partial charge in [-0.05, 0) is 37.1 Å². The van der Waals surface area contributed by atoms with Gasteiger partial charge in [0, 0.05) is 26.3 Å². The molecule has 6 nitrogen and oxygen atoms in total. The molecule has 0 saturated carbocycles. The predicted octanol–water partition coefficient (Wildman–Crippen LogP) is 3.56. The highest BCUT2D eigenvalue weighted by Gasteiger charge is 2.10. The molecule has 0 aliphatic rings. The van der Waals surface area contributed by atoms with Gasteiger partial charge in [0.1, 0.15) is 11.8 Å². The summed E-state index contributed by atoms with van der Waals surface area (Å²) in [6.07, 6.45) is 4.42. The normalized spacial score (nSPS) is 10.7.